The summed E-state index contributed by atoms with van der Waals surface area (Å²) in [6.07, 6.45) is 2.52. The van der Waals surface area contributed by atoms with Crippen LogP contribution in [-0.4, -0.2) is 17.0 Å². The molecule has 0 spiro atoms. The molecule has 1 amide bonds. The predicted molar refractivity (Wildman–Crippen MR) is 119 cm³/mol. The number of carbonyl (C=O) groups is 1. The van der Waals surface area contributed by atoms with Gasteiger partial charge in [-0.3, -0.25) is 9.78 Å². The van der Waals surface area contributed by atoms with E-state index in [0.29, 0.717) is 28.1 Å². The van der Waals surface area contributed by atoms with Crippen molar-refractivity contribution in [2.75, 3.05) is 0 Å². The number of aromatic nitrogens is 1. The van der Waals surface area contributed by atoms with Gasteiger partial charge in [-0.05, 0) is 41.8 Å². The Morgan fingerprint density at radius 3 is 2.61 bits per heavy atom. The number of hydrogen-bond donors (Lipinski definition) is 1. The first-order valence-corrected chi connectivity index (χ1v) is 10.0. The first-order chi connectivity index (χ1) is 15.0. The van der Waals surface area contributed by atoms with Crippen LogP contribution in [0.4, 0.5) is 0 Å². The summed E-state index contributed by atoms with van der Waals surface area (Å²) >= 11 is 6.44. The van der Waals surface area contributed by atoms with Gasteiger partial charge in [0.1, 0.15) is 11.3 Å². The number of rotatable bonds is 6. The largest absolute Gasteiger partial charge is 0.479 e. The summed E-state index contributed by atoms with van der Waals surface area (Å²) in [5.74, 6) is -0.0402. The van der Waals surface area contributed by atoms with Gasteiger partial charge in [-0.25, -0.2) is 4.79 Å². The third-order valence-corrected chi connectivity index (χ3v) is 5.07. The minimum absolute atomic E-state index is 0.258. The van der Waals surface area contributed by atoms with Crippen molar-refractivity contribution < 1.29 is 13.9 Å². The Bertz CT molecular complexity index is 1270. The molecule has 1 N–H and O–H groups in total. The lowest BCUT2D eigenvalue weighted by Gasteiger charge is -2.16. The minimum Gasteiger partial charge on any atom is -0.479 e. The Morgan fingerprint density at radius 2 is 1.87 bits per heavy atom. The number of carbonyl (C=O) groups excluding carboxylic acids is 1. The van der Waals surface area contributed by atoms with Gasteiger partial charge in [-0.1, -0.05) is 41.9 Å². The fraction of sp³-hybridized carbons (Fsp3) is 0.125. The van der Waals surface area contributed by atoms with E-state index in [9.17, 15) is 9.59 Å². The summed E-state index contributed by atoms with van der Waals surface area (Å²) < 4.78 is 11.1. The first kappa shape index (κ1) is 20.6. The fourth-order valence-corrected chi connectivity index (χ4v) is 3.40. The zero-order chi connectivity index (χ0) is 21.8. The highest BCUT2D eigenvalue weighted by Gasteiger charge is 2.18. The number of benzene rings is 2. The van der Waals surface area contributed by atoms with Crippen LogP contribution in [0.3, 0.4) is 0 Å². The zero-order valence-corrected chi connectivity index (χ0v) is 17.4. The normalized spacial score (nSPS) is 11.8. The molecule has 7 heteroatoms. The SMILES string of the molecule is C[C@H](Oc1cc2oc(=O)cc(-c3ccccc3)c2cc1Cl)C(=O)NCc1ccncc1. The molecule has 4 rings (SSSR count). The van der Waals surface area contributed by atoms with Gasteiger partial charge in [-0.2, -0.15) is 0 Å². The Morgan fingerprint density at radius 1 is 1.13 bits per heavy atom. The molecular weight excluding hydrogens is 416 g/mol. The molecule has 0 unspecified atom stereocenters. The molecule has 31 heavy (non-hydrogen) atoms. The number of nitrogens with one attached hydrogen (secondary N) is 1. The van der Waals surface area contributed by atoms with E-state index in [1.54, 1.807) is 25.4 Å². The average molecular weight is 435 g/mol. The summed E-state index contributed by atoms with van der Waals surface area (Å²) in [5, 5.41) is 3.80. The van der Waals surface area contributed by atoms with Gasteiger partial charge in [-0.15, -0.1) is 0 Å². The molecule has 0 saturated heterocycles. The highest BCUT2D eigenvalue weighted by Crippen LogP contribution is 2.35. The minimum atomic E-state index is -0.805. The van der Waals surface area contributed by atoms with Crippen LogP contribution in [0.5, 0.6) is 5.75 Å². The van der Waals surface area contributed by atoms with Gasteiger partial charge < -0.3 is 14.5 Å². The molecule has 6 nitrogen and oxygen atoms in total. The maximum absolute atomic E-state index is 12.4. The van der Waals surface area contributed by atoms with Crippen LogP contribution in [0.2, 0.25) is 5.02 Å². The average Bonchev–Trinajstić information content (AvgIpc) is 2.79. The van der Waals surface area contributed by atoms with E-state index >= 15 is 0 Å². The third kappa shape index (κ3) is 4.75. The quantitative estimate of drug-likeness (QED) is 0.449. The lowest BCUT2D eigenvalue weighted by Crippen LogP contribution is -2.35. The second-order valence-corrected chi connectivity index (χ2v) is 7.36. The molecule has 1 atom stereocenters. The molecule has 0 radical (unpaired) electrons. The fourth-order valence-electron chi connectivity index (χ4n) is 3.19. The van der Waals surface area contributed by atoms with Crippen molar-refractivity contribution in [3.05, 3.63) is 94.1 Å². The topological polar surface area (TPSA) is 81.4 Å². The molecular formula is C24H19ClN2O4. The van der Waals surface area contributed by atoms with E-state index < -0.39 is 11.7 Å². The van der Waals surface area contributed by atoms with Crippen molar-refractivity contribution >= 4 is 28.5 Å². The lowest BCUT2D eigenvalue weighted by molar-refractivity contribution is -0.127. The molecule has 4 aromatic rings. The summed E-state index contributed by atoms with van der Waals surface area (Å²) in [5.41, 5.74) is 2.35. The highest BCUT2D eigenvalue weighted by atomic mass is 35.5. The van der Waals surface area contributed by atoms with Crippen molar-refractivity contribution in [1.29, 1.82) is 0 Å². The zero-order valence-electron chi connectivity index (χ0n) is 16.7. The molecule has 0 aliphatic heterocycles. The summed E-state index contributed by atoms with van der Waals surface area (Å²) in [7, 11) is 0. The Balaban J connectivity index is 1.57. The second-order valence-electron chi connectivity index (χ2n) is 6.96. The van der Waals surface area contributed by atoms with Crippen LogP contribution in [0.1, 0.15) is 12.5 Å². The summed E-state index contributed by atoms with van der Waals surface area (Å²) in [4.78, 5) is 28.5. The predicted octanol–water partition coefficient (Wildman–Crippen LogP) is 4.59. The Hall–Kier alpha value is -3.64. The van der Waals surface area contributed by atoms with E-state index in [1.165, 1.54) is 12.1 Å². The molecule has 0 bridgehead atoms. The molecule has 0 saturated carbocycles. The van der Waals surface area contributed by atoms with Crippen molar-refractivity contribution in [3.63, 3.8) is 0 Å². The molecule has 2 aromatic carbocycles. The van der Waals surface area contributed by atoms with Crippen molar-refractivity contribution in [1.82, 2.24) is 10.3 Å². The van der Waals surface area contributed by atoms with Crippen LogP contribution < -0.4 is 15.7 Å². The number of nitrogens with zero attached hydrogens (tertiary/aromatic N) is 1. The first-order valence-electron chi connectivity index (χ1n) is 9.67. The number of hydrogen-bond acceptors (Lipinski definition) is 5. The standard InChI is InChI=1S/C24H19ClN2O4/c1-15(24(29)27-14-16-7-9-26-10-8-16)30-22-13-21-19(11-20(22)25)18(12-23(28)31-21)17-5-3-2-4-6-17/h2-13,15H,14H2,1H3,(H,27,29)/t15-/m0/s1. The smallest absolute Gasteiger partial charge is 0.336 e. The van der Waals surface area contributed by atoms with E-state index in [2.05, 4.69) is 10.3 Å². The molecule has 2 heterocycles. The third-order valence-electron chi connectivity index (χ3n) is 4.77. The van der Waals surface area contributed by atoms with E-state index in [1.807, 2.05) is 42.5 Å². The Kier molecular flexibility index (Phi) is 6.00. The molecule has 0 aliphatic rings. The van der Waals surface area contributed by atoms with Gasteiger partial charge in [0.25, 0.3) is 5.91 Å². The number of halogens is 1. The van der Waals surface area contributed by atoms with Crippen molar-refractivity contribution in [3.8, 4) is 16.9 Å². The van der Waals surface area contributed by atoms with Gasteiger partial charge in [0.15, 0.2) is 6.10 Å². The van der Waals surface area contributed by atoms with E-state index in [-0.39, 0.29) is 11.7 Å². The second kappa shape index (κ2) is 9.02. The molecule has 156 valence electrons. The van der Waals surface area contributed by atoms with E-state index in [0.717, 1.165) is 11.1 Å². The van der Waals surface area contributed by atoms with Crippen molar-refractivity contribution in [2.45, 2.75) is 19.6 Å². The van der Waals surface area contributed by atoms with Gasteiger partial charge in [0, 0.05) is 36.5 Å². The maximum Gasteiger partial charge on any atom is 0.336 e. The monoisotopic (exact) mass is 434 g/mol. The van der Waals surface area contributed by atoms with Crippen LogP contribution in [0.25, 0.3) is 22.1 Å². The number of fused-ring (bicyclic) bond motifs is 1. The molecule has 0 fully saturated rings. The molecule has 2 aromatic heterocycles. The Labute approximate surface area is 183 Å². The highest BCUT2D eigenvalue weighted by molar-refractivity contribution is 6.33. The number of amides is 1. The van der Waals surface area contributed by atoms with E-state index in [4.69, 9.17) is 20.8 Å². The van der Waals surface area contributed by atoms with Crippen LogP contribution in [0, 0.1) is 0 Å². The van der Waals surface area contributed by atoms with Crippen molar-refractivity contribution in [2.24, 2.45) is 0 Å². The summed E-state index contributed by atoms with van der Waals surface area (Å²) in [6.45, 7) is 1.98. The number of pyridine rings is 1. The van der Waals surface area contributed by atoms with Crippen LogP contribution in [-0.2, 0) is 11.3 Å². The van der Waals surface area contributed by atoms with Gasteiger partial charge in [0.2, 0.25) is 0 Å². The van der Waals surface area contributed by atoms with Gasteiger partial charge >= 0.3 is 5.63 Å². The van der Waals surface area contributed by atoms with Crippen LogP contribution in [0.15, 0.2) is 82.3 Å². The van der Waals surface area contributed by atoms with Crippen LogP contribution >= 0.6 is 11.6 Å². The maximum atomic E-state index is 12.4. The number of ether oxygens (including phenoxy) is 1. The molecule has 0 aliphatic carbocycles. The lowest BCUT2D eigenvalue weighted by atomic mass is 10.0. The van der Waals surface area contributed by atoms with Gasteiger partial charge in [0.05, 0.1) is 5.02 Å². The summed E-state index contributed by atoms with van der Waals surface area (Å²) in [6, 6.07) is 17.8.